The minimum absolute atomic E-state index is 0.104. The normalized spacial score (nSPS) is 23.7. The lowest BCUT2D eigenvalue weighted by Crippen LogP contribution is -2.56. The highest BCUT2D eigenvalue weighted by atomic mass is 16.5. The maximum absolute atomic E-state index is 13.2. The van der Waals surface area contributed by atoms with Gasteiger partial charge in [0.15, 0.2) is 0 Å². The van der Waals surface area contributed by atoms with Crippen molar-refractivity contribution < 1.29 is 29.0 Å². The van der Waals surface area contributed by atoms with Crippen LogP contribution in [0.1, 0.15) is 30.9 Å². The van der Waals surface area contributed by atoms with Gasteiger partial charge in [-0.15, -0.1) is 0 Å². The summed E-state index contributed by atoms with van der Waals surface area (Å²) in [5, 5.41) is 23.2. The Labute approximate surface area is 186 Å². The fourth-order valence-corrected chi connectivity index (χ4v) is 4.43. The Kier molecular flexibility index (Phi) is 6.34. The Bertz CT molecular complexity index is 1000. The third-order valence-corrected chi connectivity index (χ3v) is 5.95. The number of amides is 2. The second-order valence-corrected chi connectivity index (χ2v) is 8.43. The number of hydrogen-bond acceptors (Lipinski definition) is 6. The van der Waals surface area contributed by atoms with Crippen molar-refractivity contribution in [3.63, 3.8) is 0 Å². The lowest BCUT2D eigenvalue weighted by atomic mass is 9.77. The molecule has 2 heterocycles. The van der Waals surface area contributed by atoms with Crippen molar-refractivity contribution in [1.29, 1.82) is 0 Å². The van der Waals surface area contributed by atoms with E-state index in [-0.39, 0.29) is 37.4 Å². The Morgan fingerprint density at radius 1 is 1.22 bits per heavy atom. The fourth-order valence-electron chi connectivity index (χ4n) is 4.43. The van der Waals surface area contributed by atoms with Crippen LogP contribution in [0, 0.1) is 5.92 Å². The molecule has 2 aliphatic rings. The topological polar surface area (TPSA) is 112 Å². The number of ether oxygens (including phenoxy) is 1. The SMILES string of the molecule is CC(C)C(=O)N(Cc1ccoc1)[C@@H]1C=C(C(=O)NCCO)[C@@H]2c3ccccc3O[C@@H]2[C@H]1O. The van der Waals surface area contributed by atoms with Gasteiger partial charge in [-0.1, -0.05) is 32.0 Å². The summed E-state index contributed by atoms with van der Waals surface area (Å²) in [6.07, 6.45) is 2.99. The summed E-state index contributed by atoms with van der Waals surface area (Å²) in [5.41, 5.74) is 2.01. The smallest absolute Gasteiger partial charge is 0.247 e. The molecular formula is C24H28N2O6. The molecule has 0 saturated carbocycles. The van der Waals surface area contributed by atoms with E-state index in [0.717, 1.165) is 11.1 Å². The van der Waals surface area contributed by atoms with Gasteiger partial charge in [0.1, 0.15) is 18.0 Å². The summed E-state index contributed by atoms with van der Waals surface area (Å²) in [7, 11) is 0. The Balaban J connectivity index is 1.76. The monoisotopic (exact) mass is 440 g/mol. The molecule has 32 heavy (non-hydrogen) atoms. The van der Waals surface area contributed by atoms with Crippen LogP contribution in [0.5, 0.6) is 5.75 Å². The van der Waals surface area contributed by atoms with Gasteiger partial charge in [-0.25, -0.2) is 0 Å². The fraction of sp³-hybridized carbons (Fsp3) is 0.417. The minimum Gasteiger partial charge on any atom is -0.486 e. The van der Waals surface area contributed by atoms with Gasteiger partial charge in [-0.2, -0.15) is 0 Å². The van der Waals surface area contributed by atoms with Crippen molar-refractivity contribution in [1.82, 2.24) is 10.2 Å². The first-order chi connectivity index (χ1) is 15.4. The number of aliphatic hydroxyl groups is 2. The second-order valence-electron chi connectivity index (χ2n) is 8.43. The van der Waals surface area contributed by atoms with Gasteiger partial charge in [-0.3, -0.25) is 9.59 Å². The molecule has 1 aliphatic carbocycles. The van der Waals surface area contributed by atoms with Crippen LogP contribution in [0.15, 0.2) is 58.9 Å². The van der Waals surface area contributed by atoms with E-state index < -0.39 is 24.2 Å². The molecule has 1 aromatic heterocycles. The Morgan fingerprint density at radius 2 is 2.00 bits per heavy atom. The summed E-state index contributed by atoms with van der Waals surface area (Å²) in [6.45, 7) is 3.73. The predicted octanol–water partition coefficient (Wildman–Crippen LogP) is 1.59. The van der Waals surface area contributed by atoms with Gasteiger partial charge < -0.3 is 29.6 Å². The van der Waals surface area contributed by atoms with Crippen molar-refractivity contribution in [2.45, 2.75) is 44.6 Å². The van der Waals surface area contributed by atoms with Crippen LogP contribution in [0.2, 0.25) is 0 Å². The highest BCUT2D eigenvalue weighted by molar-refractivity contribution is 5.96. The zero-order chi connectivity index (χ0) is 22.8. The highest BCUT2D eigenvalue weighted by Crippen LogP contribution is 2.47. The summed E-state index contributed by atoms with van der Waals surface area (Å²) in [4.78, 5) is 27.8. The molecule has 170 valence electrons. The molecule has 8 heteroatoms. The molecule has 8 nitrogen and oxygen atoms in total. The minimum atomic E-state index is -1.05. The molecular weight excluding hydrogens is 412 g/mol. The standard InChI is InChI=1S/C24H28N2O6/c1-14(2)24(30)26(12-15-7-10-31-13-15)18-11-17(23(29)25-8-9-27)20-16-5-3-4-6-19(16)32-22(20)21(18)28/h3-7,10-11,13-14,18,20-22,27-28H,8-9,12H2,1-2H3,(H,25,29)/t18-,20+,21+,22+/m1/s1. The number of hydrogen-bond donors (Lipinski definition) is 3. The molecule has 1 aliphatic heterocycles. The molecule has 0 unspecified atom stereocenters. The summed E-state index contributed by atoms with van der Waals surface area (Å²) in [6, 6.07) is 8.37. The molecule has 2 amide bonds. The number of aliphatic hydroxyl groups excluding tert-OH is 2. The van der Waals surface area contributed by atoms with Crippen LogP contribution >= 0.6 is 0 Å². The van der Waals surface area contributed by atoms with Crippen molar-refractivity contribution in [3.8, 4) is 5.75 Å². The van der Waals surface area contributed by atoms with E-state index in [2.05, 4.69) is 5.32 Å². The maximum atomic E-state index is 13.2. The number of nitrogens with one attached hydrogen (secondary N) is 1. The van der Waals surface area contributed by atoms with E-state index in [9.17, 15) is 14.7 Å². The summed E-state index contributed by atoms with van der Waals surface area (Å²) < 4.78 is 11.2. The van der Waals surface area contributed by atoms with Gasteiger partial charge in [0, 0.05) is 35.7 Å². The number of fused-ring (bicyclic) bond motifs is 3. The molecule has 0 fully saturated rings. The quantitative estimate of drug-likeness (QED) is 0.603. The summed E-state index contributed by atoms with van der Waals surface area (Å²) >= 11 is 0. The zero-order valence-corrected chi connectivity index (χ0v) is 18.1. The van der Waals surface area contributed by atoms with Crippen LogP contribution < -0.4 is 10.1 Å². The first-order valence-electron chi connectivity index (χ1n) is 10.8. The first kappa shape index (κ1) is 22.1. The Hall–Kier alpha value is -3.10. The number of nitrogens with zero attached hydrogens (tertiary/aromatic N) is 1. The Morgan fingerprint density at radius 3 is 2.69 bits per heavy atom. The molecule has 4 rings (SSSR count). The molecule has 0 saturated heterocycles. The molecule has 1 aromatic carbocycles. The zero-order valence-electron chi connectivity index (χ0n) is 18.1. The largest absolute Gasteiger partial charge is 0.486 e. The van der Waals surface area contributed by atoms with Crippen molar-refractivity contribution >= 4 is 11.8 Å². The summed E-state index contributed by atoms with van der Waals surface area (Å²) in [5.74, 6) is -0.684. The van der Waals surface area contributed by atoms with Gasteiger partial charge in [-0.05, 0) is 18.2 Å². The van der Waals surface area contributed by atoms with E-state index in [1.165, 1.54) is 6.26 Å². The maximum Gasteiger partial charge on any atom is 0.247 e. The van der Waals surface area contributed by atoms with Gasteiger partial charge in [0.2, 0.25) is 11.8 Å². The number of rotatable bonds is 7. The van der Waals surface area contributed by atoms with Crippen LogP contribution in [0.4, 0.5) is 0 Å². The van der Waals surface area contributed by atoms with Crippen molar-refractivity contribution in [2.24, 2.45) is 5.92 Å². The van der Waals surface area contributed by atoms with Gasteiger partial charge in [0.25, 0.3) is 0 Å². The van der Waals surface area contributed by atoms with Crippen LogP contribution in [0.25, 0.3) is 0 Å². The number of para-hydroxylation sites is 1. The second kappa shape index (κ2) is 9.18. The van der Waals surface area contributed by atoms with Crippen LogP contribution in [-0.4, -0.2) is 58.3 Å². The molecule has 4 atom stereocenters. The molecule has 0 spiro atoms. The number of benzene rings is 1. The van der Waals surface area contributed by atoms with Crippen LogP contribution in [-0.2, 0) is 16.1 Å². The first-order valence-corrected chi connectivity index (χ1v) is 10.8. The van der Waals surface area contributed by atoms with E-state index in [4.69, 9.17) is 14.3 Å². The van der Waals surface area contributed by atoms with E-state index >= 15 is 0 Å². The molecule has 0 radical (unpaired) electrons. The van der Waals surface area contributed by atoms with Crippen LogP contribution in [0.3, 0.4) is 0 Å². The molecule has 2 aromatic rings. The molecule has 3 N–H and O–H groups in total. The van der Waals surface area contributed by atoms with E-state index in [1.807, 2.05) is 18.2 Å². The number of furan rings is 1. The van der Waals surface area contributed by atoms with E-state index in [1.54, 1.807) is 43.2 Å². The van der Waals surface area contributed by atoms with Gasteiger partial charge in [0.05, 0.1) is 31.1 Å². The average Bonchev–Trinajstić information content (AvgIpc) is 3.44. The van der Waals surface area contributed by atoms with Gasteiger partial charge >= 0.3 is 0 Å². The highest BCUT2D eigenvalue weighted by Gasteiger charge is 2.50. The number of carbonyl (C=O) groups is 2. The van der Waals surface area contributed by atoms with Crippen molar-refractivity contribution in [2.75, 3.05) is 13.2 Å². The van der Waals surface area contributed by atoms with Crippen molar-refractivity contribution in [3.05, 3.63) is 65.6 Å². The third-order valence-electron chi connectivity index (χ3n) is 5.95. The average molecular weight is 440 g/mol. The lowest BCUT2D eigenvalue weighted by Gasteiger charge is -2.41. The lowest BCUT2D eigenvalue weighted by molar-refractivity contribution is -0.141. The van der Waals surface area contributed by atoms with E-state index in [0.29, 0.717) is 11.3 Å². The molecule has 0 bridgehead atoms. The number of carbonyl (C=O) groups excluding carboxylic acids is 2. The predicted molar refractivity (Wildman–Crippen MR) is 116 cm³/mol. The third kappa shape index (κ3) is 4.03.